The average molecular weight is 415 g/mol. The zero-order chi connectivity index (χ0) is 21.7. The fourth-order valence-electron chi connectivity index (χ4n) is 4.25. The Morgan fingerprint density at radius 1 is 0.594 bits per heavy atom. The highest BCUT2D eigenvalue weighted by molar-refractivity contribution is 5.99. The van der Waals surface area contributed by atoms with Gasteiger partial charge in [-0.05, 0) is 78.4 Å². The van der Waals surface area contributed by atoms with Crippen LogP contribution in [0.3, 0.4) is 0 Å². The molecule has 154 valence electrons. The number of para-hydroxylation sites is 1. The quantitative estimate of drug-likeness (QED) is 0.310. The van der Waals surface area contributed by atoms with Crippen LogP contribution in [0, 0.1) is 0 Å². The van der Waals surface area contributed by atoms with Crippen molar-refractivity contribution in [1.29, 1.82) is 0 Å². The topological polar surface area (TPSA) is 70.1 Å². The van der Waals surface area contributed by atoms with E-state index in [2.05, 4.69) is 65.2 Å². The molecule has 32 heavy (non-hydrogen) atoms. The number of furan rings is 1. The highest BCUT2D eigenvalue weighted by atomic mass is 16.3. The van der Waals surface area contributed by atoms with Crippen LogP contribution in [-0.4, -0.2) is 4.57 Å². The molecule has 0 saturated carbocycles. The number of hydrogen-bond donors (Lipinski definition) is 2. The van der Waals surface area contributed by atoms with E-state index >= 15 is 0 Å². The van der Waals surface area contributed by atoms with Gasteiger partial charge in [-0.3, -0.25) is 0 Å². The molecule has 0 radical (unpaired) electrons. The number of nitrogens with two attached hydrogens (primary N) is 2. The molecule has 2 aromatic heterocycles. The number of rotatable bonds is 3. The van der Waals surface area contributed by atoms with E-state index in [1.165, 1.54) is 0 Å². The number of aromatic nitrogens is 1. The van der Waals surface area contributed by atoms with Crippen molar-refractivity contribution in [2.75, 3.05) is 11.5 Å². The van der Waals surface area contributed by atoms with Crippen LogP contribution in [0.2, 0.25) is 0 Å². The van der Waals surface area contributed by atoms with Gasteiger partial charge < -0.3 is 20.5 Å². The molecule has 4 nitrogen and oxygen atoms in total. The summed E-state index contributed by atoms with van der Waals surface area (Å²) >= 11 is 0. The number of nitrogens with zero attached hydrogens (tertiary/aromatic N) is 1. The molecule has 0 aliphatic carbocycles. The predicted molar refractivity (Wildman–Crippen MR) is 133 cm³/mol. The van der Waals surface area contributed by atoms with Crippen molar-refractivity contribution >= 4 is 33.2 Å². The van der Waals surface area contributed by atoms with Gasteiger partial charge in [0.15, 0.2) is 0 Å². The normalized spacial score (nSPS) is 11.4. The molecular weight excluding hydrogens is 394 g/mol. The van der Waals surface area contributed by atoms with E-state index in [4.69, 9.17) is 15.9 Å². The van der Waals surface area contributed by atoms with E-state index in [1.807, 2.05) is 42.5 Å². The largest absolute Gasteiger partial charge is 0.456 e. The molecule has 0 spiro atoms. The number of hydrogen-bond acceptors (Lipinski definition) is 3. The van der Waals surface area contributed by atoms with Crippen LogP contribution in [0.1, 0.15) is 0 Å². The third kappa shape index (κ3) is 3.01. The van der Waals surface area contributed by atoms with Gasteiger partial charge in [0.2, 0.25) is 0 Å². The van der Waals surface area contributed by atoms with Crippen LogP contribution in [-0.2, 0) is 0 Å². The minimum Gasteiger partial charge on any atom is -0.456 e. The first-order valence-corrected chi connectivity index (χ1v) is 10.5. The summed E-state index contributed by atoms with van der Waals surface area (Å²) in [6.07, 6.45) is 0. The number of benzene rings is 4. The van der Waals surface area contributed by atoms with Crippen LogP contribution >= 0.6 is 0 Å². The lowest BCUT2D eigenvalue weighted by Gasteiger charge is -2.11. The zero-order valence-corrected chi connectivity index (χ0v) is 17.3. The maximum Gasteiger partial charge on any atom is 0.135 e. The van der Waals surface area contributed by atoms with E-state index in [9.17, 15) is 0 Å². The lowest BCUT2D eigenvalue weighted by atomic mass is 10.1. The second-order valence-electron chi connectivity index (χ2n) is 8.00. The van der Waals surface area contributed by atoms with Crippen LogP contribution in [0.4, 0.5) is 11.4 Å². The van der Waals surface area contributed by atoms with Gasteiger partial charge in [-0.15, -0.1) is 0 Å². The monoisotopic (exact) mass is 415 g/mol. The number of fused-ring (bicyclic) bond motifs is 2. The van der Waals surface area contributed by atoms with Gasteiger partial charge in [0.25, 0.3) is 0 Å². The minimum absolute atomic E-state index is 0.739. The molecule has 6 rings (SSSR count). The van der Waals surface area contributed by atoms with Crippen molar-refractivity contribution < 1.29 is 4.42 Å². The van der Waals surface area contributed by atoms with Gasteiger partial charge in [-0.25, -0.2) is 0 Å². The van der Waals surface area contributed by atoms with Gasteiger partial charge in [0.05, 0.1) is 11.2 Å². The second-order valence-corrected chi connectivity index (χ2v) is 8.00. The average Bonchev–Trinajstić information content (AvgIpc) is 3.39. The molecule has 0 saturated heterocycles. The van der Waals surface area contributed by atoms with Crippen LogP contribution in [0.25, 0.3) is 50.1 Å². The maximum absolute atomic E-state index is 6.21. The van der Waals surface area contributed by atoms with Crippen molar-refractivity contribution in [1.82, 2.24) is 4.57 Å². The smallest absolute Gasteiger partial charge is 0.135 e. The van der Waals surface area contributed by atoms with Crippen molar-refractivity contribution in [3.63, 3.8) is 0 Å². The fraction of sp³-hybridized carbons (Fsp3) is 0. The third-order valence-electron chi connectivity index (χ3n) is 5.86. The number of nitrogen functional groups attached to an aromatic ring is 2. The number of anilines is 2. The predicted octanol–water partition coefficient (Wildman–Crippen LogP) is 6.88. The third-order valence-corrected chi connectivity index (χ3v) is 5.86. The molecule has 6 aromatic rings. The molecular formula is C28H21N3O. The van der Waals surface area contributed by atoms with Crippen LogP contribution in [0.15, 0.2) is 108 Å². The van der Waals surface area contributed by atoms with Crippen LogP contribution in [0.5, 0.6) is 0 Å². The highest BCUT2D eigenvalue weighted by Gasteiger charge is 2.15. The van der Waals surface area contributed by atoms with Crippen molar-refractivity contribution in [3.05, 3.63) is 103 Å². The second kappa shape index (κ2) is 7.06. The Morgan fingerprint density at radius 3 is 1.94 bits per heavy atom. The minimum atomic E-state index is 0.739. The van der Waals surface area contributed by atoms with Crippen molar-refractivity contribution in [2.24, 2.45) is 0 Å². The first kappa shape index (κ1) is 18.3. The van der Waals surface area contributed by atoms with Crippen molar-refractivity contribution in [3.8, 4) is 28.3 Å². The van der Waals surface area contributed by atoms with Crippen LogP contribution < -0.4 is 11.5 Å². The lowest BCUT2D eigenvalue weighted by molar-refractivity contribution is 0.632. The summed E-state index contributed by atoms with van der Waals surface area (Å²) in [6.45, 7) is 0. The first-order valence-electron chi connectivity index (χ1n) is 10.5. The Morgan fingerprint density at radius 2 is 1.25 bits per heavy atom. The maximum atomic E-state index is 6.21. The Bertz CT molecular complexity index is 1560. The highest BCUT2D eigenvalue weighted by Crippen LogP contribution is 2.36. The van der Waals surface area contributed by atoms with E-state index in [-0.39, 0.29) is 0 Å². The molecule has 2 heterocycles. The summed E-state index contributed by atoms with van der Waals surface area (Å²) in [5.41, 5.74) is 19.6. The standard InChI is InChI=1S/C28H21N3O/c29-22-10-6-18(7-11-22)25-14-20-16-28-21(15-26(20)31(25)24-4-2-1-3-5-24)17-27(32-28)19-8-12-23(30)13-9-19/h1-17H,29-30H2. The molecule has 4 N–H and O–H groups in total. The summed E-state index contributed by atoms with van der Waals surface area (Å²) in [7, 11) is 0. The lowest BCUT2D eigenvalue weighted by Crippen LogP contribution is -1.96. The fourth-order valence-corrected chi connectivity index (χ4v) is 4.25. The first-order chi connectivity index (χ1) is 15.7. The molecule has 4 aromatic carbocycles. The summed E-state index contributed by atoms with van der Waals surface area (Å²) < 4.78 is 8.50. The summed E-state index contributed by atoms with van der Waals surface area (Å²) in [6, 6.07) is 34.8. The van der Waals surface area contributed by atoms with E-state index in [0.29, 0.717) is 0 Å². The molecule has 0 fully saturated rings. The van der Waals surface area contributed by atoms with Gasteiger partial charge in [-0.2, -0.15) is 0 Å². The zero-order valence-electron chi connectivity index (χ0n) is 17.3. The van der Waals surface area contributed by atoms with Gasteiger partial charge in [0.1, 0.15) is 11.3 Å². The Kier molecular flexibility index (Phi) is 4.05. The van der Waals surface area contributed by atoms with E-state index < -0.39 is 0 Å². The molecule has 0 aliphatic rings. The van der Waals surface area contributed by atoms with Gasteiger partial charge in [0, 0.05) is 33.4 Å². The summed E-state index contributed by atoms with van der Waals surface area (Å²) in [5.74, 6) is 0.831. The molecule has 0 atom stereocenters. The van der Waals surface area contributed by atoms with Gasteiger partial charge >= 0.3 is 0 Å². The van der Waals surface area contributed by atoms with Crippen molar-refractivity contribution in [2.45, 2.75) is 0 Å². The Balaban J connectivity index is 1.59. The van der Waals surface area contributed by atoms with E-state index in [1.54, 1.807) is 0 Å². The Hall–Kier alpha value is -4.44. The summed E-state index contributed by atoms with van der Waals surface area (Å²) in [4.78, 5) is 0. The molecule has 0 aliphatic heterocycles. The van der Waals surface area contributed by atoms with Gasteiger partial charge in [-0.1, -0.05) is 30.3 Å². The molecule has 0 amide bonds. The SMILES string of the molecule is Nc1ccc(-c2cc3cc4c(cc(-c5ccc(N)cc5)n4-c4ccccc4)cc3o2)cc1. The Labute approximate surface area is 185 Å². The molecule has 0 bridgehead atoms. The molecule has 0 unspecified atom stereocenters. The summed E-state index contributed by atoms with van der Waals surface area (Å²) in [5, 5.41) is 2.18. The van der Waals surface area contributed by atoms with E-state index in [0.717, 1.165) is 61.5 Å². The molecule has 4 heteroatoms.